The largest absolute Gasteiger partial charge is 0.397 e. The number of hydrogen-bond acceptors (Lipinski definition) is 5. The third kappa shape index (κ3) is 3.50. The number of nitrogen functional groups attached to an aromatic ring is 1. The highest BCUT2D eigenvalue weighted by atomic mass is 32.1. The molecule has 0 saturated carbocycles. The van der Waals surface area contributed by atoms with Crippen LogP contribution >= 0.6 is 11.3 Å². The second-order valence-electron chi connectivity index (χ2n) is 7.30. The van der Waals surface area contributed by atoms with Crippen molar-refractivity contribution in [3.05, 3.63) is 76.9 Å². The smallest absolute Gasteiger partial charge is 0.176 e. The normalized spacial score (nSPS) is 12.7. The summed E-state index contributed by atoms with van der Waals surface area (Å²) in [5.41, 5.74) is 11.3. The van der Waals surface area contributed by atoms with E-state index in [1.54, 1.807) is 30.9 Å². The minimum Gasteiger partial charge on any atom is -0.397 e. The van der Waals surface area contributed by atoms with Crippen molar-refractivity contribution in [3.8, 4) is 21.8 Å². The first-order valence-corrected chi connectivity index (χ1v) is 10.7. The highest BCUT2D eigenvalue weighted by molar-refractivity contribution is 7.14. The van der Waals surface area contributed by atoms with Crippen LogP contribution in [0.5, 0.6) is 0 Å². The second kappa shape index (κ2) is 7.90. The van der Waals surface area contributed by atoms with Gasteiger partial charge in [-0.15, -0.1) is 11.3 Å². The molecule has 0 radical (unpaired) electrons. The maximum absolute atomic E-state index is 13.6. The highest BCUT2D eigenvalue weighted by Gasteiger charge is 2.14. The number of hydrogen-bond donors (Lipinski definition) is 3. The summed E-state index contributed by atoms with van der Waals surface area (Å²) < 4.78 is 13.6. The predicted octanol–water partition coefficient (Wildman–Crippen LogP) is 4.09. The number of aromatic amines is 2. The molecule has 8 heteroatoms. The van der Waals surface area contributed by atoms with Gasteiger partial charge in [-0.3, -0.25) is 15.1 Å². The fourth-order valence-corrected chi connectivity index (χ4v) is 4.42. The van der Waals surface area contributed by atoms with E-state index in [1.165, 1.54) is 6.07 Å². The van der Waals surface area contributed by atoms with E-state index in [-0.39, 0.29) is 5.13 Å². The summed E-state index contributed by atoms with van der Waals surface area (Å²) >= 11 is 1.10. The van der Waals surface area contributed by atoms with E-state index in [2.05, 4.69) is 31.7 Å². The third-order valence-corrected chi connectivity index (χ3v) is 6.12. The lowest BCUT2D eigenvalue weighted by Gasteiger charge is -2.01. The van der Waals surface area contributed by atoms with Crippen molar-refractivity contribution in [3.63, 3.8) is 0 Å². The zero-order valence-electron chi connectivity index (χ0n) is 17.2. The third-order valence-electron chi connectivity index (χ3n) is 5.21. The molecule has 0 aliphatic rings. The van der Waals surface area contributed by atoms with Gasteiger partial charge in [-0.25, -0.2) is 0 Å². The first-order chi connectivity index (χ1) is 15.5. The summed E-state index contributed by atoms with van der Waals surface area (Å²) in [5, 5.41) is 10.1. The number of allylic oxidation sites excluding steroid dienone is 1. The van der Waals surface area contributed by atoms with E-state index < -0.39 is 0 Å². The molecule has 0 aliphatic heterocycles. The van der Waals surface area contributed by atoms with Crippen LogP contribution in [-0.4, -0.2) is 25.1 Å². The van der Waals surface area contributed by atoms with Gasteiger partial charge in [0.2, 0.25) is 0 Å². The van der Waals surface area contributed by atoms with Crippen LogP contribution in [-0.2, 0) is 0 Å². The number of nitrogens with zero attached hydrogens (tertiary/aromatic N) is 3. The molecule has 0 amide bonds. The Bertz CT molecular complexity index is 1590. The maximum atomic E-state index is 13.6. The number of thiophene rings is 1. The summed E-state index contributed by atoms with van der Waals surface area (Å²) in [6, 6.07) is 7.08. The molecule has 0 bridgehead atoms. The van der Waals surface area contributed by atoms with Crippen molar-refractivity contribution in [1.29, 1.82) is 0 Å². The Kier molecular flexibility index (Phi) is 4.91. The van der Waals surface area contributed by atoms with Crippen molar-refractivity contribution < 1.29 is 4.39 Å². The molecule has 0 spiro atoms. The predicted molar refractivity (Wildman–Crippen MR) is 128 cm³/mol. The number of nitrogens with two attached hydrogens (primary N) is 1. The minimum atomic E-state index is -0.227. The highest BCUT2D eigenvalue weighted by Crippen LogP contribution is 2.34. The van der Waals surface area contributed by atoms with Gasteiger partial charge in [0.15, 0.2) is 5.13 Å². The number of pyridine rings is 2. The molecule has 0 saturated heterocycles. The molecule has 6 nitrogen and oxygen atoms in total. The molecule has 0 aliphatic carbocycles. The average Bonchev–Trinajstić information content (AvgIpc) is 3.51. The van der Waals surface area contributed by atoms with Crippen LogP contribution in [0, 0.1) is 5.13 Å². The van der Waals surface area contributed by atoms with Gasteiger partial charge in [0.1, 0.15) is 5.69 Å². The van der Waals surface area contributed by atoms with E-state index in [0.29, 0.717) is 5.69 Å². The molecule has 158 valence electrons. The summed E-state index contributed by atoms with van der Waals surface area (Å²) in [6.45, 7) is 6.13. The van der Waals surface area contributed by atoms with Gasteiger partial charge in [0, 0.05) is 45.2 Å². The lowest BCUT2D eigenvalue weighted by Crippen LogP contribution is -2.23. The average molecular weight is 443 g/mol. The van der Waals surface area contributed by atoms with E-state index in [9.17, 15) is 4.39 Å². The molecule has 4 N–H and O–H groups in total. The van der Waals surface area contributed by atoms with Gasteiger partial charge in [0.05, 0.1) is 28.4 Å². The van der Waals surface area contributed by atoms with Crippen LogP contribution in [0.3, 0.4) is 0 Å². The Morgan fingerprint density at radius 1 is 1.16 bits per heavy atom. The summed E-state index contributed by atoms with van der Waals surface area (Å²) in [5.74, 6) is 0. The first-order valence-electron chi connectivity index (χ1n) is 9.88. The van der Waals surface area contributed by atoms with Crippen LogP contribution in [0.2, 0.25) is 0 Å². The molecule has 0 unspecified atom stereocenters. The topological polar surface area (TPSA) is 96.3 Å². The molecule has 5 rings (SSSR count). The molecule has 0 aromatic carbocycles. The van der Waals surface area contributed by atoms with Crippen molar-refractivity contribution in [2.45, 2.75) is 6.92 Å². The zero-order chi connectivity index (χ0) is 22.2. The van der Waals surface area contributed by atoms with E-state index in [1.807, 2.05) is 31.2 Å². The monoisotopic (exact) mass is 442 g/mol. The molecular weight excluding hydrogens is 423 g/mol. The molecule has 0 atom stereocenters. The van der Waals surface area contributed by atoms with E-state index in [0.717, 1.165) is 65.8 Å². The SMILES string of the molecule is C=C(/C=c1/c(-c2cc3c(-c4ccc(F)s4)cncc3[nH]2)n[nH]/c1=C/C)c1cncc(N)c1. The van der Waals surface area contributed by atoms with Crippen LogP contribution < -0.4 is 16.3 Å². The number of fused-ring (bicyclic) bond motifs is 1. The minimum absolute atomic E-state index is 0.227. The summed E-state index contributed by atoms with van der Waals surface area (Å²) in [4.78, 5) is 12.7. The fourth-order valence-electron chi connectivity index (χ4n) is 3.66. The van der Waals surface area contributed by atoms with Gasteiger partial charge in [-0.05, 0) is 42.8 Å². The lowest BCUT2D eigenvalue weighted by molar-refractivity contribution is 0.657. The summed E-state index contributed by atoms with van der Waals surface area (Å²) in [7, 11) is 0. The maximum Gasteiger partial charge on any atom is 0.176 e. The Morgan fingerprint density at radius 3 is 2.75 bits per heavy atom. The van der Waals surface area contributed by atoms with Crippen LogP contribution in [0.4, 0.5) is 10.1 Å². The molecular formula is C24H19FN6S. The summed E-state index contributed by atoms with van der Waals surface area (Å²) in [6.07, 6.45) is 10.8. The van der Waals surface area contributed by atoms with Crippen molar-refractivity contribution in [2.75, 3.05) is 5.73 Å². The lowest BCUT2D eigenvalue weighted by atomic mass is 10.1. The van der Waals surface area contributed by atoms with Crippen LogP contribution in [0.1, 0.15) is 12.5 Å². The van der Waals surface area contributed by atoms with Gasteiger partial charge < -0.3 is 10.7 Å². The number of nitrogens with one attached hydrogen (secondary N) is 2. The second-order valence-corrected chi connectivity index (χ2v) is 8.33. The molecule has 0 fully saturated rings. The molecule has 5 aromatic heterocycles. The number of rotatable bonds is 4. The van der Waals surface area contributed by atoms with E-state index in [4.69, 9.17) is 5.73 Å². The van der Waals surface area contributed by atoms with Crippen LogP contribution in [0.15, 0.2) is 55.6 Å². The first kappa shape index (κ1) is 19.9. The molecule has 5 heterocycles. The van der Waals surface area contributed by atoms with Crippen molar-refractivity contribution in [2.24, 2.45) is 0 Å². The fraction of sp³-hybridized carbons (Fsp3) is 0.0417. The van der Waals surface area contributed by atoms with Gasteiger partial charge in [-0.2, -0.15) is 9.49 Å². The van der Waals surface area contributed by atoms with Gasteiger partial charge in [-0.1, -0.05) is 12.7 Å². The Hall–Kier alpha value is -4.04. The molecule has 5 aromatic rings. The Morgan fingerprint density at radius 2 is 2.00 bits per heavy atom. The van der Waals surface area contributed by atoms with Gasteiger partial charge >= 0.3 is 0 Å². The molecule has 32 heavy (non-hydrogen) atoms. The van der Waals surface area contributed by atoms with Crippen molar-refractivity contribution >= 4 is 45.7 Å². The number of halogens is 1. The Balaban J connectivity index is 1.67. The standard InChI is InChI=1S/C24H19FN6S/c1-3-19-17(6-13(2)14-7-15(26)10-27-9-14)24(31-30-19)20-8-16-18(11-28-12-21(16)29-20)22-4-5-23(25)32-22/h3-12,29-30H,2,26H2,1H3/b17-6+,19-3+. The van der Waals surface area contributed by atoms with Crippen LogP contribution in [0.25, 0.3) is 50.5 Å². The zero-order valence-corrected chi connectivity index (χ0v) is 18.0. The van der Waals surface area contributed by atoms with E-state index >= 15 is 0 Å². The number of H-pyrrole nitrogens is 2. The number of anilines is 1. The quantitative estimate of drug-likeness (QED) is 0.391. The Labute approximate surface area is 186 Å². The van der Waals surface area contributed by atoms with Crippen molar-refractivity contribution in [1.82, 2.24) is 25.1 Å². The van der Waals surface area contributed by atoms with Gasteiger partial charge in [0.25, 0.3) is 0 Å². The number of aromatic nitrogens is 5.